The highest BCUT2D eigenvalue weighted by molar-refractivity contribution is 14.2. The first kappa shape index (κ1) is 27.5. The molecule has 2 aromatic heterocycles. The average Bonchev–Trinajstić information content (AvgIpc) is 3.34. The molecular formula is C25H33IN7O3P. The summed E-state index contributed by atoms with van der Waals surface area (Å²) in [6, 6.07) is 7.67. The molecule has 1 fully saturated rings. The summed E-state index contributed by atoms with van der Waals surface area (Å²) in [5, 5.41) is 9.83. The van der Waals surface area contributed by atoms with Gasteiger partial charge in [-0.1, -0.05) is 25.7 Å². The summed E-state index contributed by atoms with van der Waals surface area (Å²) in [7, 11) is 1.39. The maximum atomic E-state index is 12.5. The molecule has 3 aromatic rings. The van der Waals surface area contributed by atoms with E-state index in [9.17, 15) is 9.59 Å². The number of methoxy groups -OCH3 is 1. The largest absolute Gasteiger partial charge is 0.469 e. The second-order valence-corrected chi connectivity index (χ2v) is 11.2. The fourth-order valence-corrected chi connectivity index (χ4v) is 5.77. The average molecular weight is 637 g/mol. The molecule has 1 unspecified atom stereocenters. The lowest BCUT2D eigenvalue weighted by Crippen LogP contribution is -2.24. The van der Waals surface area contributed by atoms with E-state index in [1.807, 2.05) is 22.8 Å². The van der Waals surface area contributed by atoms with Crippen LogP contribution in [0.4, 0.5) is 17.5 Å². The van der Waals surface area contributed by atoms with E-state index in [0.717, 1.165) is 54.8 Å². The van der Waals surface area contributed by atoms with Crippen molar-refractivity contribution in [3.63, 3.8) is 0 Å². The van der Waals surface area contributed by atoms with Crippen LogP contribution in [0.5, 0.6) is 0 Å². The van der Waals surface area contributed by atoms with Crippen molar-refractivity contribution in [3.05, 3.63) is 36.2 Å². The van der Waals surface area contributed by atoms with Crippen LogP contribution >= 0.6 is 28.4 Å². The summed E-state index contributed by atoms with van der Waals surface area (Å²) in [4.78, 5) is 37.7. The fraction of sp³-hybridized carbons (Fsp3) is 0.480. The van der Waals surface area contributed by atoms with E-state index in [0.29, 0.717) is 36.9 Å². The molecule has 198 valence electrons. The first-order chi connectivity index (χ1) is 18.1. The van der Waals surface area contributed by atoms with Gasteiger partial charge in [-0.2, -0.15) is 9.97 Å². The molecule has 3 N–H and O–H groups in total. The first-order valence-electron chi connectivity index (χ1n) is 12.7. The standard InChI is InChI=1S/C25H33IN7O3P/c1-36-20(34)10-6-3-7-15-27-24(35)17-11-13-19(14-12-17)30-25-31-22(29-18-8-4-2-5-9-18)21-23(32-25)33(37-26)16-28-21/h11-14,16,18,37H,2-10,15H2,1H3,(H,27,35)(H2,29,30,31,32). The Labute approximate surface area is 231 Å². The lowest BCUT2D eigenvalue weighted by atomic mass is 9.95. The van der Waals surface area contributed by atoms with Crippen molar-refractivity contribution < 1.29 is 14.3 Å². The number of carbonyl (C=O) groups excluding carboxylic acids is 2. The predicted octanol–water partition coefficient (Wildman–Crippen LogP) is 5.57. The minimum Gasteiger partial charge on any atom is -0.469 e. The zero-order chi connectivity index (χ0) is 26.0. The molecule has 1 aliphatic carbocycles. The summed E-state index contributed by atoms with van der Waals surface area (Å²) in [5.74, 6) is 0.931. The number of benzene rings is 1. The number of imidazole rings is 1. The number of nitrogens with zero attached hydrogens (tertiary/aromatic N) is 4. The van der Waals surface area contributed by atoms with Gasteiger partial charge in [-0.25, -0.2) is 4.98 Å². The van der Waals surface area contributed by atoms with E-state index in [2.05, 4.69) is 47.7 Å². The molecule has 0 spiro atoms. The van der Waals surface area contributed by atoms with Gasteiger partial charge in [0, 0.05) is 30.3 Å². The number of amides is 1. The second-order valence-electron chi connectivity index (χ2n) is 9.09. The van der Waals surface area contributed by atoms with Crippen LogP contribution in [0.2, 0.25) is 0 Å². The maximum Gasteiger partial charge on any atom is 0.305 e. The van der Waals surface area contributed by atoms with E-state index < -0.39 is 0 Å². The van der Waals surface area contributed by atoms with Gasteiger partial charge in [0.1, 0.15) is 6.33 Å². The normalized spacial score (nSPS) is 14.2. The highest BCUT2D eigenvalue weighted by Crippen LogP contribution is 2.32. The van der Waals surface area contributed by atoms with Gasteiger partial charge in [0.15, 0.2) is 17.0 Å². The summed E-state index contributed by atoms with van der Waals surface area (Å²) in [6.45, 7) is 0.565. The van der Waals surface area contributed by atoms with Crippen molar-refractivity contribution in [1.82, 2.24) is 24.6 Å². The van der Waals surface area contributed by atoms with E-state index in [4.69, 9.17) is 9.97 Å². The lowest BCUT2D eigenvalue weighted by molar-refractivity contribution is -0.140. The van der Waals surface area contributed by atoms with Crippen LogP contribution in [0.1, 0.15) is 68.1 Å². The molecule has 4 rings (SSSR count). The Balaban J connectivity index is 1.37. The van der Waals surface area contributed by atoms with Crippen LogP contribution in [-0.4, -0.2) is 50.9 Å². The summed E-state index contributed by atoms with van der Waals surface area (Å²) < 4.78 is 6.66. The number of ether oxygens (including phenoxy) is 1. The predicted molar refractivity (Wildman–Crippen MR) is 156 cm³/mol. The molecule has 2 heterocycles. The number of hydrogen-bond donors (Lipinski definition) is 3. The van der Waals surface area contributed by atoms with Gasteiger partial charge in [0.2, 0.25) is 5.95 Å². The summed E-state index contributed by atoms with van der Waals surface area (Å²) in [6.07, 6.45) is 11.2. The zero-order valence-corrected chi connectivity index (χ0v) is 24.1. The Morgan fingerprint density at radius 3 is 2.62 bits per heavy atom. The van der Waals surface area contributed by atoms with E-state index in [-0.39, 0.29) is 11.9 Å². The van der Waals surface area contributed by atoms with Crippen molar-refractivity contribution in [2.45, 2.75) is 63.8 Å². The number of carbonyl (C=O) groups is 2. The number of aromatic nitrogens is 4. The van der Waals surface area contributed by atoms with Gasteiger partial charge < -0.3 is 20.7 Å². The monoisotopic (exact) mass is 637 g/mol. The highest BCUT2D eigenvalue weighted by atomic mass is 127. The Hall–Kier alpha value is -2.53. The van der Waals surface area contributed by atoms with Gasteiger partial charge in [-0.15, -0.1) is 0 Å². The van der Waals surface area contributed by atoms with Gasteiger partial charge in [0.25, 0.3) is 5.91 Å². The van der Waals surface area contributed by atoms with E-state index in [1.54, 1.807) is 12.1 Å². The Morgan fingerprint density at radius 2 is 1.89 bits per heavy atom. The van der Waals surface area contributed by atoms with Crippen LogP contribution in [-0.2, 0) is 9.53 Å². The number of hydrogen-bond acceptors (Lipinski definition) is 8. The van der Waals surface area contributed by atoms with Crippen LogP contribution in [0, 0.1) is 0 Å². The SMILES string of the molecule is COC(=O)CCCCCNC(=O)c1ccc(Nc2nc(NC3CCCCC3)c3ncn(PI)c3n2)cc1. The van der Waals surface area contributed by atoms with Gasteiger partial charge in [-0.3, -0.25) is 13.9 Å². The number of halogens is 1. The third kappa shape index (κ3) is 7.73. The van der Waals surface area contributed by atoms with Crippen LogP contribution in [0.25, 0.3) is 11.2 Å². The van der Waals surface area contributed by atoms with E-state index in [1.165, 1.54) is 26.4 Å². The summed E-state index contributed by atoms with van der Waals surface area (Å²) in [5.41, 5.74) is 2.97. The first-order valence-corrected chi connectivity index (χ1v) is 16.7. The van der Waals surface area contributed by atoms with Crippen LogP contribution in [0.3, 0.4) is 0 Å². The quantitative estimate of drug-likeness (QED) is 0.102. The number of esters is 1. The third-order valence-corrected chi connectivity index (χ3v) is 8.48. The lowest BCUT2D eigenvalue weighted by Gasteiger charge is -2.23. The minimum atomic E-state index is -0.198. The maximum absolute atomic E-state index is 12.5. The molecular weight excluding hydrogens is 604 g/mol. The fourth-order valence-electron chi connectivity index (χ4n) is 4.37. The van der Waals surface area contributed by atoms with Crippen molar-refractivity contribution in [3.8, 4) is 0 Å². The molecule has 0 saturated heterocycles. The number of fused-ring (bicyclic) bond motifs is 1. The number of anilines is 3. The van der Waals surface area contributed by atoms with Crippen molar-refractivity contribution >= 4 is 68.9 Å². The topological polar surface area (TPSA) is 123 Å². The molecule has 1 aromatic carbocycles. The van der Waals surface area contributed by atoms with Crippen LogP contribution in [0.15, 0.2) is 30.6 Å². The molecule has 12 heteroatoms. The Kier molecular flexibility index (Phi) is 10.3. The highest BCUT2D eigenvalue weighted by Gasteiger charge is 2.19. The van der Waals surface area contributed by atoms with Crippen LogP contribution < -0.4 is 16.0 Å². The molecule has 1 saturated carbocycles. The molecule has 10 nitrogen and oxygen atoms in total. The van der Waals surface area contributed by atoms with Crippen molar-refractivity contribution in [2.24, 2.45) is 0 Å². The van der Waals surface area contributed by atoms with E-state index >= 15 is 0 Å². The van der Waals surface area contributed by atoms with Crippen molar-refractivity contribution in [2.75, 3.05) is 24.3 Å². The zero-order valence-electron chi connectivity index (χ0n) is 20.9. The Bertz CT molecular complexity index is 1200. The number of rotatable bonds is 12. The molecule has 0 radical (unpaired) electrons. The van der Waals surface area contributed by atoms with Gasteiger partial charge >= 0.3 is 5.97 Å². The molecule has 1 amide bonds. The molecule has 37 heavy (non-hydrogen) atoms. The summed E-state index contributed by atoms with van der Waals surface area (Å²) >= 11 is 2.32. The smallest absolute Gasteiger partial charge is 0.305 e. The van der Waals surface area contributed by atoms with Gasteiger partial charge in [-0.05, 0) is 72.0 Å². The molecule has 0 aliphatic heterocycles. The minimum absolute atomic E-state index is 0.122. The molecule has 0 bridgehead atoms. The third-order valence-electron chi connectivity index (χ3n) is 6.41. The molecule has 1 aliphatic rings. The van der Waals surface area contributed by atoms with Gasteiger partial charge in [0.05, 0.1) is 13.5 Å². The number of nitrogens with one attached hydrogen (secondary N) is 3. The Morgan fingerprint density at radius 1 is 1.11 bits per heavy atom. The molecule has 1 atom stereocenters. The van der Waals surface area contributed by atoms with Crippen molar-refractivity contribution in [1.29, 1.82) is 0 Å². The number of unbranched alkanes of at least 4 members (excludes halogenated alkanes) is 2. The second kappa shape index (κ2) is 13.9.